The topological polar surface area (TPSA) is 82.6 Å². The third kappa shape index (κ3) is 4.57. The molecule has 1 aromatic heterocycles. The number of carbonyl (C=O) groups excluding carboxylic acids is 2. The van der Waals surface area contributed by atoms with Gasteiger partial charge in [-0.25, -0.2) is 0 Å². The summed E-state index contributed by atoms with van der Waals surface area (Å²) in [6.07, 6.45) is 0.859. The minimum Gasteiger partial charge on any atom is -0.507 e. The Morgan fingerprint density at radius 1 is 1.00 bits per heavy atom. The van der Waals surface area contributed by atoms with Crippen LogP contribution >= 0.6 is 0 Å². The number of aliphatic hydroxyl groups is 1. The molecule has 1 atom stereocenters. The molecule has 2 heterocycles. The Hall–Kier alpha value is -4.32. The number of nitrogens with one attached hydrogen (secondary N) is 1. The molecular weight excluding hydrogens is 500 g/mol. The van der Waals surface area contributed by atoms with Gasteiger partial charge in [-0.3, -0.25) is 14.5 Å². The van der Waals surface area contributed by atoms with Gasteiger partial charge in [0.05, 0.1) is 18.2 Å². The number of para-hydroxylation sites is 1. The largest absolute Gasteiger partial charge is 0.507 e. The van der Waals surface area contributed by atoms with Gasteiger partial charge in [0.15, 0.2) is 0 Å². The standard InChI is InChI=1S/C34H36N2O4/c1-7-21-13-16-23(17-14-21)36-30(28-20(3)35-26-12-10-9-11-24(26)28)29(32(38)33(36)39)31(37)22-15-18-27(40-8-2)25(19-22)34(4,5)6/h9-19,30,35,37H,7-8H2,1-6H3/b31-29+. The predicted molar refractivity (Wildman–Crippen MR) is 160 cm³/mol. The van der Waals surface area contributed by atoms with Crippen molar-refractivity contribution in [3.63, 3.8) is 0 Å². The number of ether oxygens (including phenoxy) is 1. The van der Waals surface area contributed by atoms with Crippen LogP contribution in [0.25, 0.3) is 16.7 Å². The molecule has 0 bridgehead atoms. The molecule has 1 amide bonds. The van der Waals surface area contributed by atoms with E-state index in [0.717, 1.165) is 45.5 Å². The van der Waals surface area contributed by atoms with Gasteiger partial charge in [0.1, 0.15) is 11.5 Å². The number of nitrogens with zero attached hydrogens (tertiary/aromatic N) is 1. The van der Waals surface area contributed by atoms with Crippen LogP contribution in [-0.2, 0) is 21.4 Å². The smallest absolute Gasteiger partial charge is 0.300 e. The van der Waals surface area contributed by atoms with Crippen LogP contribution < -0.4 is 9.64 Å². The first-order valence-electron chi connectivity index (χ1n) is 13.8. The van der Waals surface area contributed by atoms with Gasteiger partial charge in [-0.2, -0.15) is 0 Å². The number of anilines is 1. The highest BCUT2D eigenvalue weighted by atomic mass is 16.5. The highest BCUT2D eigenvalue weighted by molar-refractivity contribution is 6.52. The minimum absolute atomic E-state index is 0.0708. The molecule has 2 N–H and O–H groups in total. The van der Waals surface area contributed by atoms with Crippen LogP contribution in [0.2, 0.25) is 0 Å². The van der Waals surface area contributed by atoms with Gasteiger partial charge in [-0.15, -0.1) is 0 Å². The number of rotatable bonds is 6. The van der Waals surface area contributed by atoms with E-state index in [1.165, 1.54) is 4.90 Å². The Morgan fingerprint density at radius 2 is 1.70 bits per heavy atom. The maximum atomic E-state index is 13.8. The van der Waals surface area contributed by atoms with Crippen LogP contribution in [-0.4, -0.2) is 28.4 Å². The summed E-state index contributed by atoms with van der Waals surface area (Å²) in [5, 5.41) is 12.7. The number of ketones is 1. The van der Waals surface area contributed by atoms with E-state index in [9.17, 15) is 14.7 Å². The molecule has 0 spiro atoms. The molecule has 3 aromatic carbocycles. The second-order valence-corrected chi connectivity index (χ2v) is 11.3. The molecular formula is C34H36N2O4. The normalized spacial score (nSPS) is 17.1. The number of aromatic nitrogens is 1. The SMILES string of the molecule is CCOc1ccc(/C(O)=C2\C(=O)C(=O)N(c3ccc(CC)cc3)C2c2c(C)[nH]c3ccccc23)cc1C(C)(C)C. The molecule has 40 heavy (non-hydrogen) atoms. The van der Waals surface area contributed by atoms with E-state index in [2.05, 4.69) is 32.7 Å². The monoisotopic (exact) mass is 536 g/mol. The number of hydrogen-bond acceptors (Lipinski definition) is 4. The Bertz CT molecular complexity index is 1640. The summed E-state index contributed by atoms with van der Waals surface area (Å²) in [7, 11) is 0. The first kappa shape index (κ1) is 27.3. The quantitative estimate of drug-likeness (QED) is 0.153. The van der Waals surface area contributed by atoms with Gasteiger partial charge < -0.3 is 14.8 Å². The van der Waals surface area contributed by atoms with Gasteiger partial charge in [0, 0.05) is 39.0 Å². The summed E-state index contributed by atoms with van der Waals surface area (Å²) in [6, 6.07) is 20.1. The number of amides is 1. The summed E-state index contributed by atoms with van der Waals surface area (Å²) >= 11 is 0. The van der Waals surface area contributed by atoms with E-state index in [4.69, 9.17) is 4.74 Å². The number of aromatic amines is 1. The van der Waals surface area contributed by atoms with E-state index in [1.54, 1.807) is 6.07 Å². The van der Waals surface area contributed by atoms with Crippen molar-refractivity contribution in [3.05, 3.63) is 100 Å². The average molecular weight is 537 g/mol. The lowest BCUT2D eigenvalue weighted by Gasteiger charge is -2.26. The third-order valence-electron chi connectivity index (χ3n) is 7.64. The minimum atomic E-state index is -0.812. The fourth-order valence-corrected chi connectivity index (χ4v) is 5.62. The number of aliphatic hydroxyl groups excluding tert-OH is 1. The van der Waals surface area contributed by atoms with Crippen LogP contribution in [0.3, 0.4) is 0 Å². The Labute approximate surface area is 235 Å². The molecule has 5 rings (SSSR count). The summed E-state index contributed by atoms with van der Waals surface area (Å²) in [4.78, 5) is 32.4. The van der Waals surface area contributed by atoms with Crippen molar-refractivity contribution in [2.24, 2.45) is 0 Å². The molecule has 1 aliphatic rings. The van der Waals surface area contributed by atoms with Crippen molar-refractivity contribution in [1.29, 1.82) is 0 Å². The number of fused-ring (bicyclic) bond motifs is 1. The Balaban J connectivity index is 1.78. The highest BCUT2D eigenvalue weighted by Gasteiger charge is 2.48. The first-order valence-corrected chi connectivity index (χ1v) is 13.8. The van der Waals surface area contributed by atoms with E-state index >= 15 is 0 Å². The molecule has 1 saturated heterocycles. The fraction of sp³-hybridized carbons (Fsp3) is 0.294. The molecule has 6 nitrogen and oxygen atoms in total. The van der Waals surface area contributed by atoms with Crippen LogP contribution in [0.15, 0.2) is 72.3 Å². The van der Waals surface area contributed by atoms with E-state index in [0.29, 0.717) is 17.9 Å². The Kier molecular flexibility index (Phi) is 7.05. The molecule has 4 aromatic rings. The van der Waals surface area contributed by atoms with Crippen molar-refractivity contribution < 1.29 is 19.4 Å². The highest BCUT2D eigenvalue weighted by Crippen LogP contribution is 2.46. The van der Waals surface area contributed by atoms with Crippen molar-refractivity contribution in [2.45, 2.75) is 59.4 Å². The zero-order chi connectivity index (χ0) is 28.8. The van der Waals surface area contributed by atoms with E-state index in [-0.39, 0.29) is 16.7 Å². The third-order valence-corrected chi connectivity index (χ3v) is 7.64. The molecule has 206 valence electrons. The lowest BCUT2D eigenvalue weighted by Crippen LogP contribution is -2.29. The lowest BCUT2D eigenvalue weighted by atomic mass is 9.84. The van der Waals surface area contributed by atoms with Crippen molar-refractivity contribution in [2.75, 3.05) is 11.5 Å². The molecule has 1 aliphatic heterocycles. The molecule has 1 fully saturated rings. The second-order valence-electron chi connectivity index (χ2n) is 11.3. The molecule has 1 unspecified atom stereocenters. The summed E-state index contributed by atoms with van der Waals surface area (Å²) in [5.41, 5.74) is 5.42. The number of H-pyrrole nitrogens is 1. The molecule has 6 heteroatoms. The van der Waals surface area contributed by atoms with Crippen LogP contribution in [0, 0.1) is 6.92 Å². The summed E-state index contributed by atoms with van der Waals surface area (Å²) < 4.78 is 5.87. The van der Waals surface area contributed by atoms with Gasteiger partial charge in [0.2, 0.25) is 0 Å². The van der Waals surface area contributed by atoms with Gasteiger partial charge in [-0.05, 0) is 67.6 Å². The maximum absolute atomic E-state index is 13.8. The summed E-state index contributed by atoms with van der Waals surface area (Å²) in [5.74, 6) is -0.846. The zero-order valence-corrected chi connectivity index (χ0v) is 24.0. The van der Waals surface area contributed by atoms with Gasteiger partial charge in [0.25, 0.3) is 11.7 Å². The van der Waals surface area contributed by atoms with Crippen LogP contribution in [0.1, 0.15) is 68.6 Å². The zero-order valence-electron chi connectivity index (χ0n) is 24.0. The fourth-order valence-electron chi connectivity index (χ4n) is 5.62. The van der Waals surface area contributed by atoms with E-state index < -0.39 is 17.7 Å². The second kappa shape index (κ2) is 10.3. The first-order chi connectivity index (χ1) is 19.1. The van der Waals surface area contributed by atoms with Crippen molar-refractivity contribution in [3.8, 4) is 5.75 Å². The van der Waals surface area contributed by atoms with Crippen LogP contribution in [0.5, 0.6) is 5.75 Å². The lowest BCUT2D eigenvalue weighted by molar-refractivity contribution is -0.132. The molecule has 0 aliphatic carbocycles. The van der Waals surface area contributed by atoms with Crippen LogP contribution in [0.4, 0.5) is 5.69 Å². The van der Waals surface area contributed by atoms with Crippen molar-refractivity contribution >= 4 is 34.0 Å². The number of Topliss-reactive ketones (excluding diaryl/α,β-unsaturated/α-hetero) is 1. The number of hydrogen-bond donors (Lipinski definition) is 2. The number of carbonyl (C=O) groups is 2. The Morgan fingerprint density at radius 3 is 2.35 bits per heavy atom. The van der Waals surface area contributed by atoms with Gasteiger partial charge >= 0.3 is 0 Å². The average Bonchev–Trinajstić information content (AvgIpc) is 3.39. The molecule has 0 saturated carbocycles. The number of benzene rings is 3. The maximum Gasteiger partial charge on any atom is 0.300 e. The molecule has 0 radical (unpaired) electrons. The predicted octanol–water partition coefficient (Wildman–Crippen LogP) is 7.36. The number of aryl methyl sites for hydroxylation is 2. The van der Waals surface area contributed by atoms with E-state index in [1.807, 2.05) is 74.5 Å². The van der Waals surface area contributed by atoms with Crippen molar-refractivity contribution in [1.82, 2.24) is 4.98 Å². The summed E-state index contributed by atoms with van der Waals surface area (Å²) in [6.45, 7) is 12.7. The van der Waals surface area contributed by atoms with Gasteiger partial charge in [-0.1, -0.05) is 58.0 Å².